The van der Waals surface area contributed by atoms with Crippen molar-refractivity contribution in [1.82, 2.24) is 9.88 Å². The Labute approximate surface area is 174 Å². The lowest BCUT2D eigenvalue weighted by atomic mass is 9.96. The number of nitrogens with one attached hydrogen (secondary N) is 1. The van der Waals surface area contributed by atoms with Gasteiger partial charge in [0.15, 0.2) is 5.13 Å². The Morgan fingerprint density at radius 1 is 1.24 bits per heavy atom. The second-order valence-corrected chi connectivity index (χ2v) is 8.16. The first-order chi connectivity index (χ1) is 14.0. The van der Waals surface area contributed by atoms with E-state index in [0.717, 1.165) is 15.8 Å². The van der Waals surface area contributed by atoms with Gasteiger partial charge in [0.1, 0.15) is 0 Å². The maximum atomic E-state index is 12.5. The lowest BCUT2D eigenvalue weighted by molar-refractivity contribution is -0.151. The van der Waals surface area contributed by atoms with E-state index < -0.39 is 0 Å². The molecule has 1 saturated heterocycles. The van der Waals surface area contributed by atoms with Crippen LogP contribution in [0.2, 0.25) is 0 Å². The first-order valence-electron chi connectivity index (χ1n) is 10.1. The molecule has 1 aromatic carbocycles. The Hall–Kier alpha value is -2.48. The van der Waals surface area contributed by atoms with Crippen LogP contribution in [0.5, 0.6) is 0 Å². The fourth-order valence-electron chi connectivity index (χ4n) is 3.42. The van der Waals surface area contributed by atoms with Crippen LogP contribution in [0.3, 0.4) is 0 Å². The summed E-state index contributed by atoms with van der Waals surface area (Å²) < 4.78 is 6.07. The molecule has 1 fully saturated rings. The smallest absolute Gasteiger partial charge is 0.309 e. The average molecular weight is 418 g/mol. The Balaban J connectivity index is 1.52. The Morgan fingerprint density at radius 3 is 2.69 bits per heavy atom. The standard InChI is InChI=1S/C21H27N3O4S/c1-3-18(25)23-21-22-16-7-5-14(13-17(16)29-21)6-8-19(26)24-11-9-15(10-12-24)20(27)28-4-2/h5,7,13,15H,3-4,6,8-12H2,1-2H3,(H,22,23,25). The number of anilines is 1. The second kappa shape index (κ2) is 9.82. The molecule has 2 heterocycles. The molecule has 8 heteroatoms. The van der Waals surface area contributed by atoms with Crippen molar-refractivity contribution in [3.63, 3.8) is 0 Å². The minimum absolute atomic E-state index is 0.0541. The maximum absolute atomic E-state index is 12.5. The number of hydrogen-bond acceptors (Lipinski definition) is 6. The molecule has 0 spiro atoms. The quantitative estimate of drug-likeness (QED) is 0.698. The highest BCUT2D eigenvalue weighted by molar-refractivity contribution is 7.22. The predicted molar refractivity (Wildman–Crippen MR) is 113 cm³/mol. The fourth-order valence-corrected chi connectivity index (χ4v) is 4.37. The molecule has 0 aliphatic carbocycles. The van der Waals surface area contributed by atoms with E-state index in [1.807, 2.05) is 30.0 Å². The summed E-state index contributed by atoms with van der Waals surface area (Å²) in [5.41, 5.74) is 1.92. The summed E-state index contributed by atoms with van der Waals surface area (Å²) in [6, 6.07) is 5.95. The number of benzene rings is 1. The van der Waals surface area contributed by atoms with Crippen molar-refractivity contribution in [3.8, 4) is 0 Å². The molecule has 7 nitrogen and oxygen atoms in total. The monoisotopic (exact) mass is 417 g/mol. The Bertz CT molecular complexity index is 887. The minimum Gasteiger partial charge on any atom is -0.466 e. The Morgan fingerprint density at radius 2 is 2.00 bits per heavy atom. The van der Waals surface area contributed by atoms with E-state index in [0.29, 0.717) is 56.9 Å². The van der Waals surface area contributed by atoms with Crippen LogP contribution in [-0.2, 0) is 25.5 Å². The molecule has 0 atom stereocenters. The second-order valence-electron chi connectivity index (χ2n) is 7.13. The van der Waals surface area contributed by atoms with E-state index in [1.165, 1.54) is 11.3 Å². The summed E-state index contributed by atoms with van der Waals surface area (Å²) in [6.07, 6.45) is 2.85. The van der Waals surface area contributed by atoms with Gasteiger partial charge in [0.05, 0.1) is 22.7 Å². The number of thiazole rings is 1. The van der Waals surface area contributed by atoms with Crippen LogP contribution in [0.25, 0.3) is 10.2 Å². The van der Waals surface area contributed by atoms with E-state index in [2.05, 4.69) is 10.3 Å². The van der Waals surface area contributed by atoms with Crippen molar-refractivity contribution in [2.24, 2.45) is 5.92 Å². The average Bonchev–Trinajstić information content (AvgIpc) is 3.13. The van der Waals surface area contributed by atoms with Crippen LogP contribution in [0.15, 0.2) is 18.2 Å². The molecule has 1 aliphatic rings. The number of fused-ring (bicyclic) bond motifs is 1. The van der Waals surface area contributed by atoms with Crippen molar-refractivity contribution in [2.75, 3.05) is 25.0 Å². The third-order valence-electron chi connectivity index (χ3n) is 5.12. The number of amides is 2. The SMILES string of the molecule is CCOC(=O)C1CCN(C(=O)CCc2ccc3nc(NC(=O)CC)sc3c2)CC1. The summed E-state index contributed by atoms with van der Waals surface area (Å²) in [7, 11) is 0. The highest BCUT2D eigenvalue weighted by atomic mass is 32.1. The number of likely N-dealkylation sites (tertiary alicyclic amines) is 1. The van der Waals surface area contributed by atoms with Gasteiger partial charge in [-0.2, -0.15) is 0 Å². The highest BCUT2D eigenvalue weighted by Gasteiger charge is 2.27. The van der Waals surface area contributed by atoms with Crippen LogP contribution in [0, 0.1) is 5.92 Å². The minimum atomic E-state index is -0.146. The third kappa shape index (κ3) is 5.53. The molecule has 0 unspecified atom stereocenters. The molecule has 0 radical (unpaired) electrons. The summed E-state index contributed by atoms with van der Waals surface area (Å²) in [5, 5.41) is 3.39. The number of rotatable bonds is 7. The molecule has 1 aromatic heterocycles. The van der Waals surface area contributed by atoms with Crippen LogP contribution in [0.4, 0.5) is 5.13 Å². The summed E-state index contributed by atoms with van der Waals surface area (Å²) in [6.45, 7) is 5.22. The van der Waals surface area contributed by atoms with Crippen molar-refractivity contribution < 1.29 is 19.1 Å². The molecule has 0 bridgehead atoms. The number of ether oxygens (including phenoxy) is 1. The maximum Gasteiger partial charge on any atom is 0.309 e. The van der Waals surface area contributed by atoms with E-state index in [1.54, 1.807) is 6.92 Å². The zero-order valence-electron chi connectivity index (χ0n) is 16.9. The molecule has 3 rings (SSSR count). The van der Waals surface area contributed by atoms with Gasteiger partial charge in [0.25, 0.3) is 0 Å². The molecular formula is C21H27N3O4S. The molecular weight excluding hydrogens is 390 g/mol. The van der Waals surface area contributed by atoms with Gasteiger partial charge in [-0.15, -0.1) is 0 Å². The summed E-state index contributed by atoms with van der Waals surface area (Å²) in [4.78, 5) is 42.2. The van der Waals surface area contributed by atoms with Crippen molar-refractivity contribution in [2.45, 2.75) is 46.0 Å². The molecule has 156 valence electrons. The molecule has 2 amide bonds. The normalized spacial score (nSPS) is 14.8. The van der Waals surface area contributed by atoms with Crippen LogP contribution in [-0.4, -0.2) is 47.4 Å². The van der Waals surface area contributed by atoms with Crippen molar-refractivity contribution in [1.29, 1.82) is 0 Å². The topological polar surface area (TPSA) is 88.6 Å². The zero-order valence-corrected chi connectivity index (χ0v) is 17.7. The number of carbonyl (C=O) groups excluding carboxylic acids is 3. The van der Waals surface area contributed by atoms with Gasteiger partial charge in [-0.3, -0.25) is 14.4 Å². The molecule has 2 aromatic rings. The molecule has 0 saturated carbocycles. The number of piperidine rings is 1. The molecule has 29 heavy (non-hydrogen) atoms. The third-order valence-corrected chi connectivity index (χ3v) is 6.05. The van der Waals surface area contributed by atoms with Gasteiger partial charge in [-0.25, -0.2) is 4.98 Å². The lowest BCUT2D eigenvalue weighted by Crippen LogP contribution is -2.40. The number of aryl methyl sites for hydroxylation is 1. The van der Waals surface area contributed by atoms with Crippen LogP contribution in [0.1, 0.15) is 45.1 Å². The van der Waals surface area contributed by atoms with E-state index in [-0.39, 0.29) is 23.7 Å². The number of nitrogens with zero attached hydrogens (tertiary/aromatic N) is 2. The zero-order chi connectivity index (χ0) is 20.8. The van der Waals surface area contributed by atoms with Crippen LogP contribution >= 0.6 is 11.3 Å². The van der Waals surface area contributed by atoms with Gasteiger partial charge in [0, 0.05) is 25.9 Å². The summed E-state index contributed by atoms with van der Waals surface area (Å²) in [5.74, 6) is -0.170. The lowest BCUT2D eigenvalue weighted by Gasteiger charge is -2.31. The van der Waals surface area contributed by atoms with E-state index in [4.69, 9.17) is 4.74 Å². The van der Waals surface area contributed by atoms with E-state index in [9.17, 15) is 14.4 Å². The highest BCUT2D eigenvalue weighted by Crippen LogP contribution is 2.27. The van der Waals surface area contributed by atoms with Gasteiger partial charge in [-0.1, -0.05) is 24.3 Å². The summed E-state index contributed by atoms with van der Waals surface area (Å²) >= 11 is 1.44. The van der Waals surface area contributed by atoms with E-state index >= 15 is 0 Å². The van der Waals surface area contributed by atoms with Gasteiger partial charge in [-0.05, 0) is 43.9 Å². The number of aromatic nitrogens is 1. The predicted octanol–water partition coefficient (Wildman–Crippen LogP) is 3.38. The number of hydrogen-bond donors (Lipinski definition) is 1. The van der Waals surface area contributed by atoms with Crippen molar-refractivity contribution >= 4 is 44.5 Å². The largest absolute Gasteiger partial charge is 0.466 e. The molecule has 1 aliphatic heterocycles. The van der Waals surface area contributed by atoms with Gasteiger partial charge >= 0.3 is 5.97 Å². The number of esters is 1. The first kappa shape index (κ1) is 21.2. The molecule has 1 N–H and O–H groups in total. The first-order valence-corrected chi connectivity index (χ1v) is 11.0. The van der Waals surface area contributed by atoms with Crippen LogP contribution < -0.4 is 5.32 Å². The Kier molecular flexibility index (Phi) is 7.19. The van der Waals surface area contributed by atoms with Gasteiger partial charge < -0.3 is 15.0 Å². The van der Waals surface area contributed by atoms with Crippen molar-refractivity contribution in [3.05, 3.63) is 23.8 Å². The van der Waals surface area contributed by atoms with Gasteiger partial charge in [0.2, 0.25) is 11.8 Å². The number of carbonyl (C=O) groups is 3. The fraction of sp³-hybridized carbons (Fsp3) is 0.524.